The molecule has 1 aromatic rings. The molecule has 126 valence electrons. The predicted molar refractivity (Wildman–Crippen MR) is 89.1 cm³/mol. The molecule has 1 aromatic carbocycles. The Morgan fingerprint density at radius 2 is 1.65 bits per heavy atom. The zero-order valence-corrected chi connectivity index (χ0v) is 15.1. The van der Waals surface area contributed by atoms with Crippen LogP contribution in [-0.4, -0.2) is 50.3 Å². The second kappa shape index (κ2) is 5.61. The van der Waals surface area contributed by atoms with Gasteiger partial charge in [-0.05, 0) is 45.3 Å². The maximum Gasteiger partial charge on any atom is 0.494 e. The SMILES string of the molecule is CN(C(=O)c1cccc(B2OC(C)(C)C(C)(C)O2)c1)S(C)(=O)=O. The number of hydrogen-bond donors (Lipinski definition) is 0. The molecule has 6 nitrogen and oxygen atoms in total. The Hall–Kier alpha value is -1.38. The van der Waals surface area contributed by atoms with Gasteiger partial charge in [-0.3, -0.25) is 4.79 Å². The highest BCUT2D eigenvalue weighted by Gasteiger charge is 2.51. The van der Waals surface area contributed by atoms with Crippen molar-refractivity contribution in [3.63, 3.8) is 0 Å². The van der Waals surface area contributed by atoms with Gasteiger partial charge in [0, 0.05) is 12.6 Å². The third kappa shape index (κ3) is 3.44. The summed E-state index contributed by atoms with van der Waals surface area (Å²) in [7, 11) is -2.96. The maximum absolute atomic E-state index is 12.3. The quantitative estimate of drug-likeness (QED) is 0.769. The fraction of sp³-hybridized carbons (Fsp3) is 0.533. The average molecular weight is 339 g/mol. The van der Waals surface area contributed by atoms with Crippen LogP contribution in [0.5, 0.6) is 0 Å². The molecule has 8 heteroatoms. The van der Waals surface area contributed by atoms with Crippen molar-refractivity contribution in [2.75, 3.05) is 13.3 Å². The van der Waals surface area contributed by atoms with Crippen LogP contribution in [0.4, 0.5) is 0 Å². The van der Waals surface area contributed by atoms with Gasteiger partial charge in [0.05, 0.1) is 17.5 Å². The zero-order chi connectivity index (χ0) is 17.6. The number of nitrogens with zero attached hydrogens (tertiary/aromatic N) is 1. The Bertz CT molecular complexity index is 713. The van der Waals surface area contributed by atoms with Crippen LogP contribution in [0.3, 0.4) is 0 Å². The molecule has 0 saturated carbocycles. The summed E-state index contributed by atoms with van der Waals surface area (Å²) in [6, 6.07) is 6.65. The molecule has 0 radical (unpaired) electrons. The van der Waals surface area contributed by atoms with Gasteiger partial charge in [-0.25, -0.2) is 12.7 Å². The first-order valence-electron chi connectivity index (χ1n) is 7.29. The molecule has 23 heavy (non-hydrogen) atoms. The summed E-state index contributed by atoms with van der Waals surface area (Å²) in [6.45, 7) is 7.78. The summed E-state index contributed by atoms with van der Waals surface area (Å²) in [5.74, 6) is -0.592. The molecule has 0 atom stereocenters. The second-order valence-electron chi connectivity index (χ2n) is 6.75. The minimum absolute atomic E-state index is 0.269. The molecule has 1 aliphatic rings. The number of hydrogen-bond acceptors (Lipinski definition) is 5. The van der Waals surface area contributed by atoms with Crippen molar-refractivity contribution in [1.82, 2.24) is 4.31 Å². The molecule has 0 aromatic heterocycles. The Kier molecular flexibility index (Phi) is 4.38. The van der Waals surface area contributed by atoms with E-state index in [9.17, 15) is 13.2 Å². The van der Waals surface area contributed by atoms with E-state index in [1.165, 1.54) is 7.05 Å². The third-order valence-corrected chi connectivity index (χ3v) is 5.60. The summed E-state index contributed by atoms with van der Waals surface area (Å²) in [5.41, 5.74) is -0.0239. The van der Waals surface area contributed by atoms with Gasteiger partial charge in [-0.2, -0.15) is 0 Å². The number of carbonyl (C=O) groups excluding carboxylic acids is 1. The maximum atomic E-state index is 12.3. The van der Waals surface area contributed by atoms with Gasteiger partial charge in [0.2, 0.25) is 10.0 Å². The van der Waals surface area contributed by atoms with Crippen molar-refractivity contribution in [2.24, 2.45) is 0 Å². The van der Waals surface area contributed by atoms with Crippen molar-refractivity contribution in [2.45, 2.75) is 38.9 Å². The van der Waals surface area contributed by atoms with Crippen LogP contribution in [0.2, 0.25) is 0 Å². The van der Waals surface area contributed by atoms with Gasteiger partial charge in [0.25, 0.3) is 5.91 Å². The van der Waals surface area contributed by atoms with E-state index < -0.39 is 34.3 Å². The van der Waals surface area contributed by atoms with Crippen LogP contribution in [0.25, 0.3) is 0 Å². The first kappa shape index (κ1) is 18.0. The highest BCUT2D eigenvalue weighted by molar-refractivity contribution is 7.88. The summed E-state index contributed by atoms with van der Waals surface area (Å²) in [6.07, 6.45) is 0.989. The minimum Gasteiger partial charge on any atom is -0.399 e. The summed E-state index contributed by atoms with van der Waals surface area (Å²) in [5, 5.41) is 0. The van der Waals surface area contributed by atoms with E-state index in [2.05, 4.69) is 0 Å². The lowest BCUT2D eigenvalue weighted by Gasteiger charge is -2.32. The second-order valence-corrected chi connectivity index (χ2v) is 8.76. The lowest BCUT2D eigenvalue weighted by molar-refractivity contribution is 0.00578. The molecule has 1 fully saturated rings. The summed E-state index contributed by atoms with van der Waals surface area (Å²) < 4.78 is 35.6. The predicted octanol–water partition coefficient (Wildman–Crippen LogP) is 1.02. The van der Waals surface area contributed by atoms with Crippen LogP contribution in [0, 0.1) is 0 Å². The van der Waals surface area contributed by atoms with Crippen molar-refractivity contribution in [3.8, 4) is 0 Å². The van der Waals surface area contributed by atoms with E-state index in [0.29, 0.717) is 5.46 Å². The number of amides is 1. The van der Waals surface area contributed by atoms with Gasteiger partial charge >= 0.3 is 7.12 Å². The number of sulfonamides is 1. The van der Waals surface area contributed by atoms with E-state index in [4.69, 9.17) is 9.31 Å². The van der Waals surface area contributed by atoms with Gasteiger partial charge in [-0.15, -0.1) is 0 Å². The highest BCUT2D eigenvalue weighted by atomic mass is 32.2. The molecule has 0 spiro atoms. The molecule has 1 amide bonds. The van der Waals surface area contributed by atoms with Crippen LogP contribution in [0.15, 0.2) is 24.3 Å². The molecular weight excluding hydrogens is 317 g/mol. The molecule has 1 heterocycles. The number of carbonyl (C=O) groups is 1. The lowest BCUT2D eigenvalue weighted by atomic mass is 9.78. The van der Waals surface area contributed by atoms with E-state index in [0.717, 1.165) is 10.6 Å². The van der Waals surface area contributed by atoms with Gasteiger partial charge < -0.3 is 9.31 Å². The van der Waals surface area contributed by atoms with Crippen molar-refractivity contribution < 1.29 is 22.5 Å². The van der Waals surface area contributed by atoms with Crippen LogP contribution in [0.1, 0.15) is 38.1 Å². The highest BCUT2D eigenvalue weighted by Crippen LogP contribution is 2.36. The average Bonchev–Trinajstić information content (AvgIpc) is 2.65. The van der Waals surface area contributed by atoms with Crippen LogP contribution in [-0.2, 0) is 19.3 Å². The first-order valence-corrected chi connectivity index (χ1v) is 9.14. The Morgan fingerprint density at radius 3 is 2.13 bits per heavy atom. The minimum atomic E-state index is -3.60. The number of benzene rings is 1. The summed E-state index contributed by atoms with van der Waals surface area (Å²) in [4.78, 5) is 12.3. The number of rotatable bonds is 3. The first-order chi connectivity index (χ1) is 10.3. The van der Waals surface area contributed by atoms with Crippen molar-refractivity contribution in [1.29, 1.82) is 0 Å². The largest absolute Gasteiger partial charge is 0.494 e. The Balaban J connectivity index is 2.30. The fourth-order valence-electron chi connectivity index (χ4n) is 2.13. The van der Waals surface area contributed by atoms with Gasteiger partial charge in [-0.1, -0.05) is 12.1 Å². The van der Waals surface area contributed by atoms with Crippen LogP contribution >= 0.6 is 0 Å². The van der Waals surface area contributed by atoms with E-state index >= 15 is 0 Å². The molecular formula is C15H22BNO5S. The molecule has 1 saturated heterocycles. The zero-order valence-electron chi connectivity index (χ0n) is 14.3. The molecule has 0 N–H and O–H groups in total. The van der Waals surface area contributed by atoms with Crippen LogP contribution < -0.4 is 5.46 Å². The molecule has 1 aliphatic heterocycles. The molecule has 2 rings (SSSR count). The Labute approximate surface area is 138 Å². The smallest absolute Gasteiger partial charge is 0.399 e. The normalized spacial score (nSPS) is 19.7. The Morgan fingerprint density at radius 1 is 1.13 bits per heavy atom. The molecule has 0 aliphatic carbocycles. The topological polar surface area (TPSA) is 72.9 Å². The monoisotopic (exact) mass is 339 g/mol. The lowest BCUT2D eigenvalue weighted by Crippen LogP contribution is -2.41. The van der Waals surface area contributed by atoms with E-state index in [-0.39, 0.29) is 5.56 Å². The van der Waals surface area contributed by atoms with Gasteiger partial charge in [0.15, 0.2) is 0 Å². The van der Waals surface area contributed by atoms with E-state index in [1.807, 2.05) is 27.7 Å². The third-order valence-electron chi connectivity index (χ3n) is 4.44. The molecule has 0 unspecified atom stereocenters. The fourth-order valence-corrected chi connectivity index (χ4v) is 2.54. The van der Waals surface area contributed by atoms with Crippen molar-refractivity contribution >= 4 is 28.5 Å². The standard InChI is InChI=1S/C15H22BNO5S/c1-14(2)15(3,4)22-16(21-14)12-9-7-8-11(10-12)13(18)17(5)23(6,19)20/h7-10H,1-6H3. The summed E-state index contributed by atoms with van der Waals surface area (Å²) >= 11 is 0. The van der Waals surface area contributed by atoms with E-state index in [1.54, 1.807) is 24.3 Å². The van der Waals surface area contributed by atoms with Gasteiger partial charge in [0.1, 0.15) is 0 Å². The molecule has 0 bridgehead atoms. The van der Waals surface area contributed by atoms with Crippen molar-refractivity contribution in [3.05, 3.63) is 29.8 Å².